The molecule has 0 aliphatic heterocycles. The van der Waals surface area contributed by atoms with Gasteiger partial charge in [0.1, 0.15) is 0 Å². The van der Waals surface area contributed by atoms with Gasteiger partial charge in [0.2, 0.25) is 11.9 Å². The first-order chi connectivity index (χ1) is 14.6. The van der Waals surface area contributed by atoms with Gasteiger partial charge in [0.05, 0.1) is 11.9 Å². The summed E-state index contributed by atoms with van der Waals surface area (Å²) < 4.78 is 1.67. The summed E-state index contributed by atoms with van der Waals surface area (Å²) in [6, 6.07) is 19.0. The average Bonchev–Trinajstić information content (AvgIpc) is 3.07. The minimum absolute atomic E-state index is 0.282. The fraction of sp³-hybridized carbons (Fsp3) is 0.0952. The molecule has 9 heteroatoms. The van der Waals surface area contributed by atoms with Crippen molar-refractivity contribution in [1.29, 1.82) is 0 Å². The zero-order valence-corrected chi connectivity index (χ0v) is 17.2. The Kier molecular flexibility index (Phi) is 5.67. The lowest BCUT2D eigenvalue weighted by molar-refractivity contribution is 0.767. The topological polar surface area (TPSA) is 92.9 Å². The van der Waals surface area contributed by atoms with Gasteiger partial charge in [0, 0.05) is 16.4 Å². The van der Waals surface area contributed by atoms with Crippen LogP contribution in [0.1, 0.15) is 17.0 Å². The first-order valence-corrected chi connectivity index (χ1v) is 9.61. The zero-order chi connectivity index (χ0) is 20.9. The molecule has 30 heavy (non-hydrogen) atoms. The van der Waals surface area contributed by atoms with Crippen LogP contribution in [0.5, 0.6) is 0 Å². The highest BCUT2D eigenvalue weighted by Crippen LogP contribution is 2.16. The Labute approximate surface area is 178 Å². The van der Waals surface area contributed by atoms with E-state index >= 15 is 0 Å². The van der Waals surface area contributed by atoms with Crippen LogP contribution in [-0.2, 0) is 0 Å². The third-order valence-electron chi connectivity index (χ3n) is 4.08. The van der Waals surface area contributed by atoms with Crippen molar-refractivity contribution in [3.05, 3.63) is 82.6 Å². The Bertz CT molecular complexity index is 1190. The number of hydrogen-bond donors (Lipinski definition) is 2. The molecule has 2 N–H and O–H groups in total. The lowest BCUT2D eigenvalue weighted by atomic mass is 10.2. The fourth-order valence-electron chi connectivity index (χ4n) is 2.80. The molecule has 0 aliphatic carbocycles. The summed E-state index contributed by atoms with van der Waals surface area (Å²) >= 11 is 6.01. The number of benzene rings is 2. The first kappa shape index (κ1) is 19.5. The Morgan fingerprint density at radius 1 is 0.933 bits per heavy atom. The molecule has 0 fully saturated rings. The molecule has 4 aromatic rings. The molecule has 0 saturated carbocycles. The maximum Gasteiger partial charge on any atom is 0.257 e. The summed E-state index contributed by atoms with van der Waals surface area (Å²) in [4.78, 5) is 13.4. The minimum Gasteiger partial charge on any atom is -0.324 e. The van der Waals surface area contributed by atoms with E-state index in [1.165, 1.54) is 0 Å². The number of hydrazone groups is 1. The summed E-state index contributed by atoms with van der Waals surface area (Å²) in [6.45, 7) is 3.86. The largest absolute Gasteiger partial charge is 0.324 e. The number of para-hydroxylation sites is 1. The van der Waals surface area contributed by atoms with Crippen LogP contribution < -0.4 is 10.7 Å². The normalized spacial score (nSPS) is 11.0. The fourth-order valence-corrected chi connectivity index (χ4v) is 3.00. The Morgan fingerprint density at radius 3 is 2.47 bits per heavy atom. The Balaban J connectivity index is 1.65. The molecule has 0 radical (unpaired) electrons. The number of anilines is 3. The first-order valence-electron chi connectivity index (χ1n) is 9.23. The van der Waals surface area contributed by atoms with Gasteiger partial charge in [-0.1, -0.05) is 41.9 Å². The van der Waals surface area contributed by atoms with E-state index in [2.05, 4.69) is 35.9 Å². The van der Waals surface area contributed by atoms with Crippen molar-refractivity contribution < 1.29 is 0 Å². The molecule has 2 aromatic heterocycles. The quantitative estimate of drug-likeness (QED) is 0.353. The third-order valence-corrected chi connectivity index (χ3v) is 4.31. The summed E-state index contributed by atoms with van der Waals surface area (Å²) in [5, 5.41) is 12.5. The number of nitrogens with zero attached hydrogens (tertiary/aromatic N) is 6. The average molecular weight is 419 g/mol. The van der Waals surface area contributed by atoms with Gasteiger partial charge in [0.15, 0.2) is 0 Å². The number of aryl methyl sites for hydroxylation is 2. The molecule has 0 bridgehead atoms. The Morgan fingerprint density at radius 2 is 1.73 bits per heavy atom. The van der Waals surface area contributed by atoms with Gasteiger partial charge in [-0.15, -0.1) is 0 Å². The second kappa shape index (κ2) is 8.71. The highest BCUT2D eigenvalue weighted by Gasteiger charge is 2.12. The highest BCUT2D eigenvalue weighted by molar-refractivity contribution is 6.30. The van der Waals surface area contributed by atoms with E-state index in [0.29, 0.717) is 16.9 Å². The standard InChI is InChI=1S/C21H19ClN8/c1-14-11-15(2)30(29-14)21-26-19(24-18-9-4-3-5-10-18)25-20(27-21)28-23-13-16-7-6-8-17(22)12-16/h3-13H,1-2H3,(H2,24,25,26,27,28). The molecule has 0 aliphatic rings. The lowest BCUT2D eigenvalue weighted by Crippen LogP contribution is -2.11. The number of aromatic nitrogens is 5. The molecule has 8 nitrogen and oxygen atoms in total. The monoisotopic (exact) mass is 418 g/mol. The van der Waals surface area contributed by atoms with Crippen LogP contribution in [0.25, 0.3) is 5.95 Å². The highest BCUT2D eigenvalue weighted by atomic mass is 35.5. The van der Waals surface area contributed by atoms with Crippen LogP contribution in [-0.4, -0.2) is 30.9 Å². The van der Waals surface area contributed by atoms with Crippen LogP contribution in [0.2, 0.25) is 5.02 Å². The molecule has 0 atom stereocenters. The van der Waals surface area contributed by atoms with Crippen LogP contribution in [0, 0.1) is 13.8 Å². The van der Waals surface area contributed by atoms with Gasteiger partial charge in [-0.3, -0.25) is 0 Å². The summed E-state index contributed by atoms with van der Waals surface area (Å²) in [5.41, 5.74) is 6.36. The van der Waals surface area contributed by atoms with Crippen molar-refractivity contribution in [2.45, 2.75) is 13.8 Å². The molecule has 2 heterocycles. The van der Waals surface area contributed by atoms with Crippen LogP contribution in [0.4, 0.5) is 17.6 Å². The lowest BCUT2D eigenvalue weighted by Gasteiger charge is -2.09. The van der Waals surface area contributed by atoms with Crippen molar-refractivity contribution in [1.82, 2.24) is 24.7 Å². The smallest absolute Gasteiger partial charge is 0.257 e. The summed E-state index contributed by atoms with van der Waals surface area (Å²) in [7, 11) is 0. The molecular formula is C21H19ClN8. The van der Waals surface area contributed by atoms with E-state index in [0.717, 1.165) is 22.6 Å². The van der Waals surface area contributed by atoms with Gasteiger partial charge in [-0.05, 0) is 49.7 Å². The molecule has 150 valence electrons. The van der Waals surface area contributed by atoms with Gasteiger partial charge in [-0.2, -0.15) is 25.2 Å². The van der Waals surface area contributed by atoms with E-state index in [9.17, 15) is 0 Å². The Hall–Kier alpha value is -3.78. The van der Waals surface area contributed by atoms with Gasteiger partial charge in [0.25, 0.3) is 5.95 Å². The molecule has 4 rings (SSSR count). The van der Waals surface area contributed by atoms with E-state index in [1.54, 1.807) is 17.0 Å². The van der Waals surface area contributed by atoms with Crippen molar-refractivity contribution in [2.75, 3.05) is 10.7 Å². The van der Waals surface area contributed by atoms with Crippen molar-refractivity contribution in [3.63, 3.8) is 0 Å². The predicted octanol–water partition coefficient (Wildman–Crippen LogP) is 4.52. The molecule has 0 amide bonds. The van der Waals surface area contributed by atoms with Gasteiger partial charge >= 0.3 is 0 Å². The number of halogens is 1. The third kappa shape index (κ3) is 4.79. The predicted molar refractivity (Wildman–Crippen MR) is 119 cm³/mol. The van der Waals surface area contributed by atoms with E-state index in [4.69, 9.17) is 11.6 Å². The van der Waals surface area contributed by atoms with E-state index in [-0.39, 0.29) is 5.95 Å². The van der Waals surface area contributed by atoms with E-state index in [1.807, 2.05) is 68.4 Å². The van der Waals surface area contributed by atoms with Crippen LogP contribution >= 0.6 is 11.6 Å². The minimum atomic E-state index is 0.282. The molecule has 0 unspecified atom stereocenters. The zero-order valence-electron chi connectivity index (χ0n) is 16.4. The van der Waals surface area contributed by atoms with Crippen LogP contribution in [0.15, 0.2) is 65.8 Å². The SMILES string of the molecule is Cc1cc(C)n(-c2nc(NN=Cc3cccc(Cl)c3)nc(Nc3ccccc3)n2)n1. The number of nitrogens with one attached hydrogen (secondary N) is 2. The molecular weight excluding hydrogens is 400 g/mol. The number of hydrogen-bond acceptors (Lipinski definition) is 7. The van der Waals surface area contributed by atoms with Crippen molar-refractivity contribution in [2.24, 2.45) is 5.10 Å². The second-order valence-electron chi connectivity index (χ2n) is 6.54. The van der Waals surface area contributed by atoms with Gasteiger partial charge < -0.3 is 5.32 Å². The maximum absolute atomic E-state index is 6.01. The van der Waals surface area contributed by atoms with Crippen molar-refractivity contribution in [3.8, 4) is 5.95 Å². The maximum atomic E-state index is 6.01. The summed E-state index contributed by atoms with van der Waals surface area (Å²) in [6.07, 6.45) is 1.64. The molecule has 2 aromatic carbocycles. The van der Waals surface area contributed by atoms with Crippen molar-refractivity contribution >= 4 is 35.4 Å². The molecule has 0 saturated heterocycles. The summed E-state index contributed by atoms with van der Waals surface area (Å²) in [5.74, 6) is 1.04. The van der Waals surface area contributed by atoms with Crippen LogP contribution in [0.3, 0.4) is 0 Å². The number of rotatable bonds is 6. The van der Waals surface area contributed by atoms with Gasteiger partial charge in [-0.25, -0.2) is 10.1 Å². The molecule has 0 spiro atoms. The second-order valence-corrected chi connectivity index (χ2v) is 6.97. The van der Waals surface area contributed by atoms with E-state index < -0.39 is 0 Å².